The summed E-state index contributed by atoms with van der Waals surface area (Å²) in [5.74, 6) is 1.00. The molecule has 7 nitrogen and oxygen atoms in total. The lowest BCUT2D eigenvalue weighted by atomic mass is 9.98. The molecule has 0 fully saturated rings. The molecule has 0 unspecified atom stereocenters. The molecule has 158 valence electrons. The Morgan fingerprint density at radius 2 is 1.65 bits per heavy atom. The Balaban J connectivity index is 1.66. The van der Waals surface area contributed by atoms with Crippen LogP contribution in [0.5, 0.6) is 0 Å². The van der Waals surface area contributed by atoms with E-state index in [2.05, 4.69) is 20.6 Å². The summed E-state index contributed by atoms with van der Waals surface area (Å²) in [5, 5.41) is 11.2. The molecule has 4 rings (SSSR count). The van der Waals surface area contributed by atoms with Crippen molar-refractivity contribution in [1.82, 2.24) is 20.6 Å². The van der Waals surface area contributed by atoms with Crippen LogP contribution in [0.2, 0.25) is 0 Å². The molecule has 7 heteroatoms. The molecular weight excluding hydrogens is 392 g/mol. The fourth-order valence-corrected chi connectivity index (χ4v) is 3.57. The number of carbonyl (C=O) groups is 1. The van der Waals surface area contributed by atoms with Gasteiger partial charge in [0.1, 0.15) is 11.5 Å². The van der Waals surface area contributed by atoms with Crippen molar-refractivity contribution in [1.29, 1.82) is 0 Å². The minimum Gasteiger partial charge on any atom is -0.361 e. The molecule has 31 heavy (non-hydrogen) atoms. The first kappa shape index (κ1) is 20.5. The maximum absolute atomic E-state index is 13.3. The van der Waals surface area contributed by atoms with E-state index in [1.54, 1.807) is 19.3 Å². The standard InChI is InChI=1S/C24H24N4O3/c1-14-7-9-18(10-8-14)22(19-6-5-11-25-13-19)26-24(29)23-21(17(4)31-28-23)12-20-15(2)27-30-16(20)3/h5-11,13,22H,12H2,1-4H3,(H,26,29)/t22-/m1/s1. The summed E-state index contributed by atoms with van der Waals surface area (Å²) in [7, 11) is 0. The average Bonchev–Trinajstić information content (AvgIpc) is 3.30. The monoisotopic (exact) mass is 416 g/mol. The van der Waals surface area contributed by atoms with Gasteiger partial charge in [0.2, 0.25) is 0 Å². The van der Waals surface area contributed by atoms with E-state index in [1.165, 1.54) is 0 Å². The molecule has 0 aliphatic heterocycles. The second-order valence-corrected chi connectivity index (χ2v) is 7.65. The number of nitrogens with one attached hydrogen (secondary N) is 1. The first-order valence-electron chi connectivity index (χ1n) is 10.1. The van der Waals surface area contributed by atoms with E-state index in [0.717, 1.165) is 39.3 Å². The van der Waals surface area contributed by atoms with Crippen molar-refractivity contribution in [3.05, 3.63) is 99.5 Å². The third kappa shape index (κ3) is 4.26. The van der Waals surface area contributed by atoms with Gasteiger partial charge in [0.05, 0.1) is 11.7 Å². The van der Waals surface area contributed by atoms with Gasteiger partial charge in [-0.2, -0.15) is 0 Å². The molecule has 3 heterocycles. The van der Waals surface area contributed by atoms with Gasteiger partial charge in [-0.3, -0.25) is 9.78 Å². The summed E-state index contributed by atoms with van der Waals surface area (Å²) in [5.41, 5.74) is 5.69. The molecular formula is C24H24N4O3. The molecule has 3 aromatic heterocycles. The van der Waals surface area contributed by atoms with E-state index in [-0.39, 0.29) is 17.6 Å². The Kier molecular flexibility index (Phi) is 5.66. The number of aromatic nitrogens is 3. The number of amides is 1. The fraction of sp³-hybridized carbons (Fsp3) is 0.250. The Hall–Kier alpha value is -3.74. The van der Waals surface area contributed by atoms with Crippen molar-refractivity contribution in [3.8, 4) is 0 Å². The number of hydrogen-bond donors (Lipinski definition) is 1. The Morgan fingerprint density at radius 1 is 0.935 bits per heavy atom. The topological polar surface area (TPSA) is 94.1 Å². The maximum atomic E-state index is 13.3. The van der Waals surface area contributed by atoms with Gasteiger partial charge in [0.15, 0.2) is 5.69 Å². The third-order valence-electron chi connectivity index (χ3n) is 5.44. The number of pyridine rings is 1. The number of rotatable bonds is 6. The van der Waals surface area contributed by atoms with Crippen LogP contribution in [0.3, 0.4) is 0 Å². The lowest BCUT2D eigenvalue weighted by molar-refractivity contribution is 0.0933. The smallest absolute Gasteiger partial charge is 0.274 e. The zero-order valence-electron chi connectivity index (χ0n) is 18.0. The Bertz CT molecular complexity index is 1170. The molecule has 0 aliphatic carbocycles. The van der Waals surface area contributed by atoms with Crippen LogP contribution in [0.15, 0.2) is 57.8 Å². The van der Waals surface area contributed by atoms with Crippen LogP contribution < -0.4 is 5.32 Å². The molecule has 0 spiro atoms. The van der Waals surface area contributed by atoms with Crippen molar-refractivity contribution >= 4 is 5.91 Å². The zero-order chi connectivity index (χ0) is 22.0. The fourth-order valence-electron chi connectivity index (χ4n) is 3.57. The number of benzene rings is 1. The van der Waals surface area contributed by atoms with Gasteiger partial charge in [-0.25, -0.2) is 0 Å². The van der Waals surface area contributed by atoms with E-state index in [0.29, 0.717) is 12.2 Å². The Morgan fingerprint density at radius 3 is 2.29 bits per heavy atom. The quantitative estimate of drug-likeness (QED) is 0.501. The average molecular weight is 416 g/mol. The molecule has 0 saturated heterocycles. The molecule has 1 N–H and O–H groups in total. The van der Waals surface area contributed by atoms with Gasteiger partial charge in [-0.1, -0.05) is 46.2 Å². The van der Waals surface area contributed by atoms with Crippen LogP contribution in [-0.2, 0) is 6.42 Å². The van der Waals surface area contributed by atoms with Gasteiger partial charge in [-0.05, 0) is 44.9 Å². The lowest BCUT2D eigenvalue weighted by Gasteiger charge is -2.19. The molecule has 4 aromatic rings. The summed E-state index contributed by atoms with van der Waals surface area (Å²) in [6, 6.07) is 11.5. The first-order valence-corrected chi connectivity index (χ1v) is 10.1. The number of hydrogen-bond acceptors (Lipinski definition) is 6. The normalized spacial score (nSPS) is 12.0. The summed E-state index contributed by atoms with van der Waals surface area (Å²) in [4.78, 5) is 17.5. The minimum absolute atomic E-state index is 0.263. The van der Waals surface area contributed by atoms with Crippen molar-refractivity contribution < 1.29 is 13.8 Å². The molecule has 1 amide bonds. The maximum Gasteiger partial charge on any atom is 0.274 e. The summed E-state index contributed by atoms with van der Waals surface area (Å²) >= 11 is 0. The first-order chi connectivity index (χ1) is 14.9. The largest absolute Gasteiger partial charge is 0.361 e. The second-order valence-electron chi connectivity index (χ2n) is 7.65. The Labute approximate surface area is 180 Å². The molecule has 1 atom stereocenters. The van der Waals surface area contributed by atoms with Gasteiger partial charge in [-0.15, -0.1) is 0 Å². The highest BCUT2D eigenvalue weighted by molar-refractivity contribution is 5.94. The van der Waals surface area contributed by atoms with Crippen LogP contribution in [-0.4, -0.2) is 21.2 Å². The highest BCUT2D eigenvalue weighted by Crippen LogP contribution is 2.25. The van der Waals surface area contributed by atoms with Crippen molar-refractivity contribution in [2.75, 3.05) is 0 Å². The third-order valence-corrected chi connectivity index (χ3v) is 5.44. The van der Waals surface area contributed by atoms with Crippen molar-refractivity contribution in [3.63, 3.8) is 0 Å². The van der Waals surface area contributed by atoms with Gasteiger partial charge in [0, 0.05) is 29.9 Å². The van der Waals surface area contributed by atoms with E-state index in [9.17, 15) is 4.79 Å². The predicted molar refractivity (Wildman–Crippen MR) is 115 cm³/mol. The highest BCUT2D eigenvalue weighted by atomic mass is 16.5. The highest BCUT2D eigenvalue weighted by Gasteiger charge is 2.25. The number of nitrogens with zero attached hydrogens (tertiary/aromatic N) is 3. The zero-order valence-corrected chi connectivity index (χ0v) is 18.0. The van der Waals surface area contributed by atoms with Gasteiger partial charge >= 0.3 is 0 Å². The molecule has 0 bridgehead atoms. The van der Waals surface area contributed by atoms with Gasteiger partial charge < -0.3 is 14.4 Å². The predicted octanol–water partition coefficient (Wildman–Crippen LogP) is 4.40. The summed E-state index contributed by atoms with van der Waals surface area (Å²) in [6.07, 6.45) is 3.92. The van der Waals surface area contributed by atoms with Crippen LogP contribution in [0.1, 0.15) is 61.6 Å². The SMILES string of the molecule is Cc1ccc([C@@H](NC(=O)c2noc(C)c2Cc2c(C)noc2C)c2cccnc2)cc1. The van der Waals surface area contributed by atoms with Crippen LogP contribution >= 0.6 is 0 Å². The summed E-state index contributed by atoms with van der Waals surface area (Å²) in [6.45, 7) is 7.56. The second kappa shape index (κ2) is 8.55. The number of aryl methyl sites for hydroxylation is 4. The molecule has 0 aliphatic rings. The van der Waals surface area contributed by atoms with Crippen LogP contribution in [0.4, 0.5) is 0 Å². The van der Waals surface area contributed by atoms with Crippen molar-refractivity contribution in [2.24, 2.45) is 0 Å². The molecule has 0 saturated carbocycles. The molecule has 1 aromatic carbocycles. The van der Waals surface area contributed by atoms with Crippen LogP contribution in [0, 0.1) is 27.7 Å². The van der Waals surface area contributed by atoms with Crippen molar-refractivity contribution in [2.45, 2.75) is 40.2 Å². The van der Waals surface area contributed by atoms with E-state index in [4.69, 9.17) is 9.05 Å². The van der Waals surface area contributed by atoms with E-state index < -0.39 is 0 Å². The van der Waals surface area contributed by atoms with E-state index in [1.807, 2.05) is 57.2 Å². The summed E-state index contributed by atoms with van der Waals surface area (Å²) < 4.78 is 10.6. The minimum atomic E-state index is -0.370. The lowest BCUT2D eigenvalue weighted by Crippen LogP contribution is -2.30. The van der Waals surface area contributed by atoms with Crippen LogP contribution in [0.25, 0.3) is 0 Å². The van der Waals surface area contributed by atoms with Gasteiger partial charge in [0.25, 0.3) is 5.91 Å². The number of carbonyl (C=O) groups excluding carboxylic acids is 1. The molecule has 0 radical (unpaired) electrons. The van der Waals surface area contributed by atoms with E-state index >= 15 is 0 Å².